The molecule has 0 aromatic heterocycles. The number of benzene rings is 2. The number of primary amides is 1. The molecule has 0 spiro atoms. The van der Waals surface area contributed by atoms with Gasteiger partial charge >= 0.3 is 15.6 Å². The van der Waals surface area contributed by atoms with E-state index in [0.29, 0.717) is 11.1 Å². The molecule has 2 rings (SSSR count). The van der Waals surface area contributed by atoms with Gasteiger partial charge in [-0.25, -0.2) is 0 Å². The largest absolute Gasteiger partial charge is 0.534 e. The van der Waals surface area contributed by atoms with Crippen LogP contribution in [0.5, 0.6) is 11.5 Å². The molecule has 3 N–H and O–H groups in total. The fraction of sp³-hybridized carbons (Fsp3) is 0.188. The Morgan fingerprint density at radius 1 is 1.12 bits per heavy atom. The number of aromatic hydroxyl groups is 1. The second-order valence-corrected chi connectivity index (χ2v) is 6.79. The van der Waals surface area contributed by atoms with Crippen LogP contribution in [0.4, 0.5) is 13.2 Å². The highest BCUT2D eigenvalue weighted by molar-refractivity contribution is 7.88. The zero-order valence-electron chi connectivity index (χ0n) is 13.2. The number of halogens is 3. The SMILES string of the molecule is NC(=O)CCc1c(-c2ccccc2)ccc(OS(=O)(=O)C(F)(F)F)c1O. The van der Waals surface area contributed by atoms with Crippen LogP contribution in [-0.2, 0) is 21.3 Å². The zero-order valence-corrected chi connectivity index (χ0v) is 14.0. The van der Waals surface area contributed by atoms with E-state index in [9.17, 15) is 31.5 Å². The van der Waals surface area contributed by atoms with Gasteiger partial charge in [0.15, 0.2) is 11.5 Å². The third kappa shape index (κ3) is 4.26. The van der Waals surface area contributed by atoms with Crippen molar-refractivity contribution in [3.05, 3.63) is 48.0 Å². The molecule has 0 heterocycles. The van der Waals surface area contributed by atoms with Crippen LogP contribution in [0.15, 0.2) is 42.5 Å². The van der Waals surface area contributed by atoms with E-state index in [2.05, 4.69) is 4.18 Å². The number of hydrogen-bond acceptors (Lipinski definition) is 5. The van der Waals surface area contributed by atoms with E-state index >= 15 is 0 Å². The Bertz CT molecular complexity index is 911. The number of phenolic OH excluding ortho intramolecular Hbond substituents is 1. The molecular weight excluding hydrogens is 375 g/mol. The number of carbonyl (C=O) groups excluding carboxylic acids is 1. The van der Waals surface area contributed by atoms with Crippen molar-refractivity contribution in [1.82, 2.24) is 0 Å². The predicted molar refractivity (Wildman–Crippen MR) is 86.7 cm³/mol. The number of rotatable bonds is 6. The summed E-state index contributed by atoms with van der Waals surface area (Å²) in [6.45, 7) is 0. The third-order valence-electron chi connectivity index (χ3n) is 3.43. The summed E-state index contributed by atoms with van der Waals surface area (Å²) in [5.41, 5.74) is 0.486. The molecule has 0 saturated heterocycles. The average molecular weight is 389 g/mol. The van der Waals surface area contributed by atoms with E-state index in [1.54, 1.807) is 30.3 Å². The maximum atomic E-state index is 12.5. The van der Waals surface area contributed by atoms with Gasteiger partial charge in [-0.05, 0) is 23.6 Å². The Kier molecular flexibility index (Phi) is 5.45. The fourth-order valence-electron chi connectivity index (χ4n) is 2.24. The molecule has 6 nitrogen and oxygen atoms in total. The van der Waals surface area contributed by atoms with Gasteiger partial charge in [-0.15, -0.1) is 0 Å². The summed E-state index contributed by atoms with van der Waals surface area (Å²) in [7, 11) is -5.95. The molecule has 10 heteroatoms. The highest BCUT2D eigenvalue weighted by Gasteiger charge is 2.49. The van der Waals surface area contributed by atoms with E-state index in [4.69, 9.17) is 5.73 Å². The molecule has 1 amide bonds. The average Bonchev–Trinajstić information content (AvgIpc) is 2.55. The molecular formula is C16H14F3NO5S. The van der Waals surface area contributed by atoms with E-state index in [1.165, 1.54) is 6.07 Å². The topological polar surface area (TPSA) is 107 Å². The summed E-state index contributed by atoms with van der Waals surface area (Å²) < 4.78 is 63.8. The van der Waals surface area contributed by atoms with Crippen molar-refractivity contribution in [2.24, 2.45) is 5.73 Å². The van der Waals surface area contributed by atoms with Crippen molar-refractivity contribution in [1.29, 1.82) is 0 Å². The minimum absolute atomic E-state index is 0.0462. The number of nitrogens with two attached hydrogens (primary N) is 1. The third-order valence-corrected chi connectivity index (χ3v) is 4.40. The van der Waals surface area contributed by atoms with E-state index < -0.39 is 33.0 Å². The summed E-state index contributed by atoms with van der Waals surface area (Å²) in [6.07, 6.45) is -0.322. The number of hydrogen-bond donors (Lipinski definition) is 2. The van der Waals surface area contributed by atoms with Crippen LogP contribution >= 0.6 is 0 Å². The van der Waals surface area contributed by atoms with Gasteiger partial charge in [0.2, 0.25) is 5.91 Å². The first kappa shape index (κ1) is 19.6. The highest BCUT2D eigenvalue weighted by atomic mass is 32.2. The summed E-state index contributed by atoms with van der Waals surface area (Å²) in [4.78, 5) is 11.0. The lowest BCUT2D eigenvalue weighted by Gasteiger charge is -2.16. The van der Waals surface area contributed by atoms with E-state index in [1.807, 2.05) is 0 Å². The van der Waals surface area contributed by atoms with Crippen LogP contribution in [0.25, 0.3) is 11.1 Å². The van der Waals surface area contributed by atoms with E-state index in [0.717, 1.165) is 6.07 Å². The molecule has 0 radical (unpaired) electrons. The smallest absolute Gasteiger partial charge is 0.504 e. The van der Waals surface area contributed by atoms with Gasteiger partial charge in [-0.2, -0.15) is 21.6 Å². The molecule has 0 atom stereocenters. The molecule has 0 bridgehead atoms. The standard InChI is InChI=1S/C16H14F3NO5S/c17-16(18,19)26(23,24)25-13-8-6-11(10-4-2-1-3-5-10)12(15(13)22)7-9-14(20)21/h1-6,8,22H,7,9H2,(H2,20,21). The summed E-state index contributed by atoms with van der Waals surface area (Å²) in [5, 5.41) is 10.3. The van der Waals surface area contributed by atoms with Crippen LogP contribution in [-0.4, -0.2) is 24.9 Å². The van der Waals surface area contributed by atoms with Gasteiger partial charge in [0.05, 0.1) is 0 Å². The zero-order chi connectivity index (χ0) is 19.5. The molecule has 2 aromatic rings. The Labute approximate surface area is 147 Å². The fourth-order valence-corrected chi connectivity index (χ4v) is 2.70. The quantitative estimate of drug-likeness (QED) is 0.584. The molecule has 0 aliphatic rings. The number of amides is 1. The van der Waals surface area contributed by atoms with Gasteiger partial charge in [0.1, 0.15) is 0 Å². The Morgan fingerprint density at radius 2 is 1.73 bits per heavy atom. The van der Waals surface area contributed by atoms with Gasteiger partial charge in [-0.1, -0.05) is 36.4 Å². The summed E-state index contributed by atoms with van der Waals surface area (Å²) >= 11 is 0. The summed E-state index contributed by atoms with van der Waals surface area (Å²) in [6, 6.07) is 10.7. The first-order valence-electron chi connectivity index (χ1n) is 7.22. The van der Waals surface area contributed by atoms with Crippen molar-refractivity contribution < 1.29 is 35.7 Å². The first-order chi connectivity index (χ1) is 12.0. The normalized spacial score (nSPS) is 12.0. The second-order valence-electron chi connectivity index (χ2n) is 5.25. The number of phenols is 1. The monoisotopic (exact) mass is 389 g/mol. The number of alkyl halides is 3. The lowest BCUT2D eigenvalue weighted by Crippen LogP contribution is -2.28. The molecule has 0 unspecified atom stereocenters. The number of carbonyl (C=O) groups is 1. The molecule has 2 aromatic carbocycles. The molecule has 140 valence electrons. The molecule has 0 aliphatic carbocycles. The van der Waals surface area contributed by atoms with Crippen molar-refractivity contribution in [2.45, 2.75) is 18.3 Å². The van der Waals surface area contributed by atoms with Gasteiger partial charge in [0, 0.05) is 12.0 Å². The van der Waals surface area contributed by atoms with Crippen LogP contribution in [0, 0.1) is 0 Å². The molecule has 0 aliphatic heterocycles. The molecule has 26 heavy (non-hydrogen) atoms. The molecule has 0 saturated carbocycles. The highest BCUT2D eigenvalue weighted by Crippen LogP contribution is 2.40. The van der Waals surface area contributed by atoms with Crippen LogP contribution in [0.3, 0.4) is 0 Å². The van der Waals surface area contributed by atoms with Crippen LogP contribution < -0.4 is 9.92 Å². The lowest BCUT2D eigenvalue weighted by molar-refractivity contribution is -0.117. The van der Waals surface area contributed by atoms with Crippen molar-refractivity contribution in [3.63, 3.8) is 0 Å². The predicted octanol–water partition coefficient (Wildman–Crippen LogP) is 2.71. The lowest BCUT2D eigenvalue weighted by atomic mass is 9.95. The Hall–Kier alpha value is -2.75. The minimum atomic E-state index is -5.95. The Balaban J connectivity index is 2.54. The van der Waals surface area contributed by atoms with E-state index in [-0.39, 0.29) is 18.4 Å². The van der Waals surface area contributed by atoms with Gasteiger partial charge in [-0.3, -0.25) is 4.79 Å². The van der Waals surface area contributed by atoms with Crippen LogP contribution in [0.2, 0.25) is 0 Å². The Morgan fingerprint density at radius 3 is 2.27 bits per heavy atom. The van der Waals surface area contributed by atoms with Crippen molar-refractivity contribution >= 4 is 16.0 Å². The van der Waals surface area contributed by atoms with Gasteiger partial charge in [0.25, 0.3) is 0 Å². The van der Waals surface area contributed by atoms with Crippen molar-refractivity contribution in [3.8, 4) is 22.6 Å². The summed E-state index contributed by atoms with van der Waals surface area (Å²) in [5.74, 6) is -2.39. The molecule has 0 fully saturated rings. The van der Waals surface area contributed by atoms with Gasteiger partial charge < -0.3 is 15.0 Å². The van der Waals surface area contributed by atoms with Crippen LogP contribution in [0.1, 0.15) is 12.0 Å². The first-order valence-corrected chi connectivity index (χ1v) is 8.63. The minimum Gasteiger partial charge on any atom is -0.504 e. The maximum Gasteiger partial charge on any atom is 0.534 e. The maximum absolute atomic E-state index is 12.5. The second kappa shape index (κ2) is 7.24. The van der Waals surface area contributed by atoms with Crippen molar-refractivity contribution in [2.75, 3.05) is 0 Å².